The maximum atomic E-state index is 12.9. The molecule has 2 atom stereocenters. The summed E-state index contributed by atoms with van der Waals surface area (Å²) >= 11 is 0. The number of ketones is 1. The van der Waals surface area contributed by atoms with Crippen molar-refractivity contribution in [1.82, 2.24) is 14.7 Å². The van der Waals surface area contributed by atoms with E-state index >= 15 is 0 Å². The number of Topliss-reactive ketones (excluding diaryl/α,β-unsaturated/α-hetero) is 1. The third-order valence-corrected chi connectivity index (χ3v) is 7.39. The minimum Gasteiger partial charge on any atom is -0.381 e. The Morgan fingerprint density at radius 3 is 2.69 bits per heavy atom. The smallest absolute Gasteiger partial charge is 0.165 e. The predicted octanol–water partition coefficient (Wildman–Crippen LogP) is 4.18. The molecule has 156 valence electrons. The van der Waals surface area contributed by atoms with Gasteiger partial charge in [0.15, 0.2) is 5.78 Å². The molecule has 2 aromatic rings. The quantitative estimate of drug-likeness (QED) is 0.660. The van der Waals surface area contributed by atoms with Crippen LogP contribution in [0, 0.1) is 23.7 Å². The van der Waals surface area contributed by atoms with E-state index in [2.05, 4.69) is 36.1 Å². The van der Waals surface area contributed by atoms with Crippen molar-refractivity contribution in [3.05, 3.63) is 30.0 Å². The van der Waals surface area contributed by atoms with Gasteiger partial charge in [-0.2, -0.15) is 5.10 Å². The summed E-state index contributed by atoms with van der Waals surface area (Å²) < 4.78 is 7.44. The molecule has 2 saturated heterocycles. The molecule has 0 N–H and O–H groups in total. The molecule has 5 rings (SSSR count). The largest absolute Gasteiger partial charge is 0.381 e. The summed E-state index contributed by atoms with van der Waals surface area (Å²) in [6.45, 7) is 9.86. The van der Waals surface area contributed by atoms with Crippen LogP contribution in [-0.4, -0.2) is 53.3 Å². The molecular formula is C24H33N3O2. The summed E-state index contributed by atoms with van der Waals surface area (Å²) in [4.78, 5) is 15.6. The van der Waals surface area contributed by atoms with E-state index in [9.17, 15) is 4.79 Å². The average Bonchev–Trinajstić information content (AvgIpc) is 3.08. The SMILES string of the molecule is CC(C)n1cc2cccc(C(=O)CCC3C4CN(CC5CCOCC5)CC34)c2n1. The number of hydrogen-bond donors (Lipinski definition) is 0. The van der Waals surface area contributed by atoms with Crippen LogP contribution in [0.4, 0.5) is 0 Å². The maximum absolute atomic E-state index is 12.9. The summed E-state index contributed by atoms with van der Waals surface area (Å²) in [5.74, 6) is 3.51. The zero-order chi connectivity index (χ0) is 20.0. The van der Waals surface area contributed by atoms with E-state index < -0.39 is 0 Å². The number of likely N-dealkylation sites (tertiary alicyclic amines) is 1. The average molecular weight is 396 g/mol. The first-order chi connectivity index (χ1) is 14.1. The van der Waals surface area contributed by atoms with Gasteiger partial charge in [0.2, 0.25) is 0 Å². The molecule has 0 amide bonds. The lowest BCUT2D eigenvalue weighted by molar-refractivity contribution is 0.0535. The minimum atomic E-state index is 0.258. The van der Waals surface area contributed by atoms with Crippen molar-refractivity contribution in [1.29, 1.82) is 0 Å². The fourth-order valence-electron chi connectivity index (χ4n) is 5.59. The molecule has 29 heavy (non-hydrogen) atoms. The third-order valence-electron chi connectivity index (χ3n) is 7.39. The lowest BCUT2D eigenvalue weighted by Crippen LogP contribution is -2.33. The number of ether oxygens (including phenoxy) is 1. The standard InChI is InChI=1S/C24H33N3O2/c1-16(2)27-13-18-4-3-5-20(24(18)25-27)23(28)7-6-19-21-14-26(15-22(19)21)12-17-8-10-29-11-9-17/h3-5,13,16-17,19,21-22H,6-12,14-15H2,1-2H3. The lowest BCUT2D eigenvalue weighted by atomic mass is 9.99. The third kappa shape index (κ3) is 3.87. The number of hydrogen-bond acceptors (Lipinski definition) is 4. The first kappa shape index (κ1) is 19.3. The summed E-state index contributed by atoms with van der Waals surface area (Å²) in [6, 6.07) is 6.30. The molecule has 2 aliphatic heterocycles. The van der Waals surface area contributed by atoms with Gasteiger partial charge in [0.05, 0.1) is 0 Å². The molecule has 3 aliphatic rings. The lowest BCUT2D eigenvalue weighted by Gasteiger charge is -2.28. The fraction of sp³-hybridized carbons (Fsp3) is 0.667. The van der Waals surface area contributed by atoms with Gasteiger partial charge in [-0.1, -0.05) is 12.1 Å². The number of fused-ring (bicyclic) bond motifs is 2. The van der Waals surface area contributed by atoms with Gasteiger partial charge in [0.1, 0.15) is 5.52 Å². The van der Waals surface area contributed by atoms with Crippen LogP contribution in [0.3, 0.4) is 0 Å². The van der Waals surface area contributed by atoms with Crippen molar-refractivity contribution in [3.63, 3.8) is 0 Å². The monoisotopic (exact) mass is 395 g/mol. The Hall–Kier alpha value is -1.72. The molecule has 3 fully saturated rings. The zero-order valence-electron chi connectivity index (χ0n) is 17.7. The molecular weight excluding hydrogens is 362 g/mol. The highest BCUT2D eigenvalue weighted by atomic mass is 16.5. The van der Waals surface area contributed by atoms with E-state index in [1.54, 1.807) is 0 Å². The van der Waals surface area contributed by atoms with Gasteiger partial charge < -0.3 is 9.64 Å². The Kier molecular flexibility index (Phi) is 5.21. The van der Waals surface area contributed by atoms with Gasteiger partial charge in [0, 0.05) is 62.5 Å². The molecule has 1 aromatic carbocycles. The predicted molar refractivity (Wildman–Crippen MR) is 114 cm³/mol. The minimum absolute atomic E-state index is 0.258. The van der Waals surface area contributed by atoms with E-state index in [1.807, 2.05) is 16.8 Å². The Balaban J connectivity index is 1.14. The number of benzene rings is 1. The van der Waals surface area contributed by atoms with Crippen LogP contribution in [0.2, 0.25) is 0 Å². The first-order valence-electron chi connectivity index (χ1n) is 11.4. The van der Waals surface area contributed by atoms with Crippen molar-refractivity contribution < 1.29 is 9.53 Å². The zero-order valence-corrected chi connectivity index (χ0v) is 17.7. The van der Waals surface area contributed by atoms with Gasteiger partial charge in [-0.05, 0) is 62.8 Å². The van der Waals surface area contributed by atoms with E-state index in [4.69, 9.17) is 4.74 Å². The normalized spacial score (nSPS) is 27.6. The molecule has 1 aliphatic carbocycles. The van der Waals surface area contributed by atoms with Gasteiger partial charge in [-0.25, -0.2) is 0 Å². The highest BCUT2D eigenvalue weighted by Crippen LogP contribution is 2.54. The Morgan fingerprint density at radius 2 is 1.97 bits per heavy atom. The fourth-order valence-corrected chi connectivity index (χ4v) is 5.59. The highest BCUT2D eigenvalue weighted by Gasteiger charge is 2.54. The number of aromatic nitrogens is 2. The first-order valence-corrected chi connectivity index (χ1v) is 11.4. The Morgan fingerprint density at radius 1 is 1.21 bits per heavy atom. The van der Waals surface area contributed by atoms with E-state index in [0.29, 0.717) is 12.5 Å². The van der Waals surface area contributed by atoms with Crippen molar-refractivity contribution in [2.24, 2.45) is 23.7 Å². The van der Waals surface area contributed by atoms with Crippen molar-refractivity contribution in [2.45, 2.75) is 45.6 Å². The Labute approximate surface area is 173 Å². The number of rotatable bonds is 7. The second-order valence-electron chi connectivity index (χ2n) is 9.67. The van der Waals surface area contributed by atoms with Gasteiger partial charge >= 0.3 is 0 Å². The highest BCUT2D eigenvalue weighted by molar-refractivity contribution is 6.06. The molecule has 2 unspecified atom stereocenters. The topological polar surface area (TPSA) is 47.4 Å². The van der Waals surface area contributed by atoms with Crippen molar-refractivity contribution >= 4 is 16.7 Å². The summed E-state index contributed by atoms with van der Waals surface area (Å²) in [5.41, 5.74) is 1.67. The number of carbonyl (C=O) groups excluding carboxylic acids is 1. The van der Waals surface area contributed by atoms with Crippen LogP contribution in [-0.2, 0) is 4.74 Å². The van der Waals surface area contributed by atoms with Gasteiger partial charge in [-0.15, -0.1) is 0 Å². The van der Waals surface area contributed by atoms with Crippen molar-refractivity contribution in [2.75, 3.05) is 32.8 Å². The molecule has 0 spiro atoms. The summed E-state index contributed by atoms with van der Waals surface area (Å²) in [7, 11) is 0. The van der Waals surface area contributed by atoms with Crippen molar-refractivity contribution in [3.8, 4) is 0 Å². The van der Waals surface area contributed by atoms with Crippen LogP contribution in [0.1, 0.15) is 55.9 Å². The molecule has 3 heterocycles. The van der Waals surface area contributed by atoms with Gasteiger partial charge in [-0.3, -0.25) is 9.48 Å². The molecule has 5 nitrogen and oxygen atoms in total. The molecule has 1 saturated carbocycles. The summed E-state index contributed by atoms with van der Waals surface area (Å²) in [6.07, 6.45) is 6.20. The molecule has 0 radical (unpaired) electrons. The second-order valence-corrected chi connectivity index (χ2v) is 9.67. The number of carbonyl (C=O) groups is 1. The molecule has 1 aromatic heterocycles. The van der Waals surface area contributed by atoms with Crippen LogP contribution >= 0.6 is 0 Å². The van der Waals surface area contributed by atoms with Crippen LogP contribution in [0.15, 0.2) is 24.4 Å². The van der Waals surface area contributed by atoms with E-state index in [1.165, 1.54) is 32.5 Å². The number of piperidine rings is 1. The van der Waals surface area contributed by atoms with E-state index in [0.717, 1.165) is 59.8 Å². The molecule has 0 bridgehead atoms. The Bertz CT molecular complexity index is 871. The molecule has 5 heteroatoms. The van der Waals surface area contributed by atoms with Crippen LogP contribution < -0.4 is 0 Å². The van der Waals surface area contributed by atoms with Gasteiger partial charge in [0.25, 0.3) is 0 Å². The maximum Gasteiger partial charge on any atom is 0.165 e. The van der Waals surface area contributed by atoms with Crippen LogP contribution in [0.5, 0.6) is 0 Å². The van der Waals surface area contributed by atoms with E-state index in [-0.39, 0.29) is 5.78 Å². The summed E-state index contributed by atoms with van der Waals surface area (Å²) in [5, 5.41) is 5.75. The number of nitrogens with zero attached hydrogens (tertiary/aromatic N) is 3. The second kappa shape index (κ2) is 7.84. The van der Waals surface area contributed by atoms with Crippen LogP contribution in [0.25, 0.3) is 10.9 Å².